The molecule has 0 heterocycles. The third kappa shape index (κ3) is 8.06. The lowest BCUT2D eigenvalue weighted by molar-refractivity contribution is -0.139. The number of hydrogen-bond donors (Lipinski definition) is 1. The van der Waals surface area contributed by atoms with Gasteiger partial charge in [0.2, 0.25) is 11.8 Å². The molecule has 0 unspecified atom stereocenters. The Hall–Kier alpha value is -2.27. The zero-order valence-corrected chi connectivity index (χ0v) is 20.3. The van der Waals surface area contributed by atoms with Crippen LogP contribution < -0.4 is 5.32 Å². The molecule has 0 radical (unpaired) electrons. The van der Waals surface area contributed by atoms with Crippen LogP contribution in [-0.2, 0) is 21.9 Å². The van der Waals surface area contributed by atoms with Gasteiger partial charge in [-0.05, 0) is 42.9 Å². The molecule has 0 fully saturated rings. The molecule has 0 aromatic heterocycles. The average molecular weight is 441 g/mol. The predicted molar refractivity (Wildman–Crippen MR) is 131 cm³/mol. The lowest BCUT2D eigenvalue weighted by atomic mass is 10.1. The molecule has 0 saturated heterocycles. The summed E-state index contributed by atoms with van der Waals surface area (Å²) in [6.45, 7) is 11.3. The van der Waals surface area contributed by atoms with E-state index in [1.165, 1.54) is 16.7 Å². The van der Waals surface area contributed by atoms with Crippen molar-refractivity contribution in [1.82, 2.24) is 10.2 Å². The standard InChI is InChI=1S/C26H36N2O2S/c1-6-24(26(30)27-15-19(2)3)28(16-22-13-11-20(4)12-14-22)25(29)18-31-17-23-10-8-7-9-21(23)5/h7-14,19,24H,6,15-18H2,1-5H3,(H,27,30)/t24-/m1/s1. The van der Waals surface area contributed by atoms with Crippen molar-refractivity contribution in [3.05, 3.63) is 70.8 Å². The van der Waals surface area contributed by atoms with E-state index in [4.69, 9.17) is 0 Å². The van der Waals surface area contributed by atoms with Crippen molar-refractivity contribution in [2.45, 2.75) is 59.4 Å². The molecule has 1 atom stereocenters. The number of nitrogens with one attached hydrogen (secondary N) is 1. The summed E-state index contributed by atoms with van der Waals surface area (Å²) >= 11 is 1.60. The lowest BCUT2D eigenvalue weighted by Gasteiger charge is -2.31. The van der Waals surface area contributed by atoms with Crippen LogP contribution in [-0.4, -0.2) is 35.1 Å². The maximum absolute atomic E-state index is 13.3. The van der Waals surface area contributed by atoms with Crippen molar-refractivity contribution in [3.63, 3.8) is 0 Å². The minimum Gasteiger partial charge on any atom is -0.354 e. The fourth-order valence-corrected chi connectivity index (χ4v) is 4.32. The van der Waals surface area contributed by atoms with Gasteiger partial charge in [0, 0.05) is 18.8 Å². The van der Waals surface area contributed by atoms with Crippen LogP contribution in [0.2, 0.25) is 0 Å². The first-order chi connectivity index (χ1) is 14.8. The van der Waals surface area contributed by atoms with Gasteiger partial charge in [-0.2, -0.15) is 0 Å². The third-order valence-corrected chi connectivity index (χ3v) is 6.25. The number of rotatable bonds is 11. The second-order valence-corrected chi connectivity index (χ2v) is 9.48. The van der Waals surface area contributed by atoms with E-state index in [-0.39, 0.29) is 11.8 Å². The fraction of sp³-hybridized carbons (Fsp3) is 0.462. The second kappa shape index (κ2) is 12.6. The van der Waals surface area contributed by atoms with Gasteiger partial charge in [0.15, 0.2) is 0 Å². The van der Waals surface area contributed by atoms with Gasteiger partial charge in [0.1, 0.15) is 6.04 Å². The largest absolute Gasteiger partial charge is 0.354 e. The number of carbonyl (C=O) groups excluding carboxylic acids is 2. The maximum Gasteiger partial charge on any atom is 0.242 e. The Bertz CT molecular complexity index is 849. The van der Waals surface area contributed by atoms with Crippen molar-refractivity contribution in [2.24, 2.45) is 5.92 Å². The number of thioether (sulfide) groups is 1. The Morgan fingerprint density at radius 3 is 2.32 bits per heavy atom. The summed E-state index contributed by atoms with van der Waals surface area (Å²) in [4.78, 5) is 27.9. The van der Waals surface area contributed by atoms with Gasteiger partial charge in [-0.1, -0.05) is 74.9 Å². The topological polar surface area (TPSA) is 49.4 Å². The molecule has 0 aliphatic carbocycles. The molecule has 2 amide bonds. The van der Waals surface area contributed by atoms with Gasteiger partial charge in [0.05, 0.1) is 5.75 Å². The van der Waals surface area contributed by atoms with Crippen LogP contribution in [0.5, 0.6) is 0 Å². The van der Waals surface area contributed by atoms with E-state index in [9.17, 15) is 9.59 Å². The molecule has 5 heteroatoms. The Kier molecular flexibility index (Phi) is 10.1. The first-order valence-electron chi connectivity index (χ1n) is 11.1. The molecule has 2 aromatic carbocycles. The highest BCUT2D eigenvalue weighted by Crippen LogP contribution is 2.19. The zero-order chi connectivity index (χ0) is 22.8. The fourth-order valence-electron chi connectivity index (χ4n) is 3.34. The van der Waals surface area contributed by atoms with Gasteiger partial charge < -0.3 is 10.2 Å². The maximum atomic E-state index is 13.3. The summed E-state index contributed by atoms with van der Waals surface area (Å²) in [5.74, 6) is 1.44. The first kappa shape index (κ1) is 25.0. The van der Waals surface area contributed by atoms with E-state index in [1.54, 1.807) is 16.7 Å². The monoisotopic (exact) mass is 440 g/mol. The molecular weight excluding hydrogens is 404 g/mol. The highest BCUT2D eigenvalue weighted by Gasteiger charge is 2.28. The van der Waals surface area contributed by atoms with Gasteiger partial charge in [-0.15, -0.1) is 11.8 Å². The summed E-state index contributed by atoms with van der Waals surface area (Å²) < 4.78 is 0. The molecule has 2 rings (SSSR count). The summed E-state index contributed by atoms with van der Waals surface area (Å²) in [5.41, 5.74) is 4.70. The number of amides is 2. The first-order valence-corrected chi connectivity index (χ1v) is 12.2. The van der Waals surface area contributed by atoms with Crippen LogP contribution in [0.1, 0.15) is 49.4 Å². The molecule has 31 heavy (non-hydrogen) atoms. The van der Waals surface area contributed by atoms with E-state index in [0.717, 1.165) is 11.3 Å². The number of aryl methyl sites for hydroxylation is 2. The van der Waals surface area contributed by atoms with Gasteiger partial charge >= 0.3 is 0 Å². The van der Waals surface area contributed by atoms with E-state index >= 15 is 0 Å². The number of carbonyl (C=O) groups is 2. The van der Waals surface area contributed by atoms with Crippen LogP contribution >= 0.6 is 11.8 Å². The van der Waals surface area contributed by atoms with Crippen LogP contribution in [0.25, 0.3) is 0 Å². The number of hydrogen-bond acceptors (Lipinski definition) is 3. The normalized spacial score (nSPS) is 11.9. The van der Waals surface area contributed by atoms with Gasteiger partial charge in [-0.3, -0.25) is 9.59 Å². The summed E-state index contributed by atoms with van der Waals surface area (Å²) in [6.07, 6.45) is 0.587. The van der Waals surface area contributed by atoms with Crippen molar-refractivity contribution < 1.29 is 9.59 Å². The lowest BCUT2D eigenvalue weighted by Crippen LogP contribution is -2.50. The van der Waals surface area contributed by atoms with Crippen molar-refractivity contribution in [2.75, 3.05) is 12.3 Å². The highest BCUT2D eigenvalue weighted by molar-refractivity contribution is 7.99. The number of benzene rings is 2. The van der Waals surface area contributed by atoms with Crippen molar-refractivity contribution in [3.8, 4) is 0 Å². The molecule has 168 valence electrons. The molecular formula is C26H36N2O2S. The highest BCUT2D eigenvalue weighted by atomic mass is 32.2. The van der Waals surface area contributed by atoms with Crippen molar-refractivity contribution >= 4 is 23.6 Å². The van der Waals surface area contributed by atoms with Crippen LogP contribution in [0, 0.1) is 19.8 Å². The molecule has 0 aliphatic rings. The zero-order valence-electron chi connectivity index (χ0n) is 19.5. The Balaban J connectivity index is 2.12. The molecule has 1 N–H and O–H groups in total. The molecule has 0 bridgehead atoms. The van der Waals surface area contributed by atoms with E-state index in [1.807, 2.05) is 50.2 Å². The van der Waals surface area contributed by atoms with E-state index in [0.29, 0.717) is 31.2 Å². The van der Waals surface area contributed by atoms with Crippen LogP contribution in [0.15, 0.2) is 48.5 Å². The minimum absolute atomic E-state index is 0.00528. The molecule has 0 saturated carbocycles. The Morgan fingerprint density at radius 2 is 1.71 bits per heavy atom. The minimum atomic E-state index is -0.466. The van der Waals surface area contributed by atoms with Crippen LogP contribution in [0.3, 0.4) is 0 Å². The van der Waals surface area contributed by atoms with E-state index < -0.39 is 6.04 Å². The Labute approximate surface area is 191 Å². The molecule has 2 aromatic rings. The third-order valence-electron chi connectivity index (χ3n) is 5.29. The van der Waals surface area contributed by atoms with Crippen molar-refractivity contribution in [1.29, 1.82) is 0 Å². The number of nitrogens with zero attached hydrogens (tertiary/aromatic N) is 1. The SMILES string of the molecule is CC[C@H](C(=O)NCC(C)C)N(Cc1ccc(C)cc1)C(=O)CSCc1ccccc1C. The van der Waals surface area contributed by atoms with Gasteiger partial charge in [0.25, 0.3) is 0 Å². The summed E-state index contributed by atoms with van der Waals surface area (Å²) in [7, 11) is 0. The van der Waals surface area contributed by atoms with Crippen LogP contribution in [0.4, 0.5) is 0 Å². The molecule has 0 spiro atoms. The summed E-state index contributed by atoms with van der Waals surface area (Å²) in [6, 6.07) is 15.9. The van der Waals surface area contributed by atoms with Gasteiger partial charge in [-0.25, -0.2) is 0 Å². The Morgan fingerprint density at radius 1 is 1.03 bits per heavy atom. The smallest absolute Gasteiger partial charge is 0.242 e. The molecule has 0 aliphatic heterocycles. The second-order valence-electron chi connectivity index (χ2n) is 8.49. The molecule has 4 nitrogen and oxygen atoms in total. The average Bonchev–Trinajstić information content (AvgIpc) is 2.74. The quantitative estimate of drug-likeness (QED) is 0.528. The predicted octanol–water partition coefficient (Wildman–Crippen LogP) is 5.12. The summed E-state index contributed by atoms with van der Waals surface area (Å²) in [5, 5.41) is 3.01. The van der Waals surface area contributed by atoms with E-state index in [2.05, 4.69) is 38.2 Å².